The fourth-order valence-corrected chi connectivity index (χ4v) is 4.88. The van der Waals surface area contributed by atoms with Crippen molar-refractivity contribution >= 4 is 17.3 Å². The van der Waals surface area contributed by atoms with Gasteiger partial charge in [0.15, 0.2) is 6.61 Å². The fourth-order valence-electron chi connectivity index (χ4n) is 4.88. The number of alkyl halides is 3. The average Bonchev–Trinajstić information content (AvgIpc) is 3.41. The van der Waals surface area contributed by atoms with Gasteiger partial charge in [0.1, 0.15) is 12.4 Å². The summed E-state index contributed by atoms with van der Waals surface area (Å²) in [6, 6.07) is 14.7. The van der Waals surface area contributed by atoms with Crippen molar-refractivity contribution in [3.8, 4) is 17.7 Å². The van der Waals surface area contributed by atoms with Gasteiger partial charge < -0.3 is 19.1 Å². The van der Waals surface area contributed by atoms with E-state index in [1.165, 1.54) is 6.20 Å². The Kier molecular flexibility index (Phi) is 6.91. The van der Waals surface area contributed by atoms with Gasteiger partial charge in [-0.2, -0.15) is 18.4 Å². The molecule has 0 unspecified atom stereocenters. The van der Waals surface area contributed by atoms with Gasteiger partial charge in [-0.05, 0) is 37.1 Å². The molecule has 3 aromatic rings. The predicted octanol–water partition coefficient (Wildman–Crippen LogP) is 5.85. The number of fused-ring (bicyclic) bond motifs is 2. The second-order valence-corrected chi connectivity index (χ2v) is 9.27. The third-order valence-corrected chi connectivity index (χ3v) is 6.67. The summed E-state index contributed by atoms with van der Waals surface area (Å²) in [5, 5.41) is 9.58. The highest BCUT2D eigenvalue weighted by atomic mass is 19.4. The number of aryl methyl sites for hydroxylation is 1. The Morgan fingerprint density at radius 2 is 1.92 bits per heavy atom. The van der Waals surface area contributed by atoms with Gasteiger partial charge in [-0.15, -0.1) is 0 Å². The number of aromatic nitrogens is 1. The summed E-state index contributed by atoms with van der Waals surface area (Å²) < 4.78 is 55.8. The molecular formula is C29H24F3N3O4. The van der Waals surface area contributed by atoms with Crippen LogP contribution in [0.4, 0.5) is 24.5 Å². The number of nitrogens with zero attached hydrogens (tertiary/aromatic N) is 3. The van der Waals surface area contributed by atoms with Crippen LogP contribution in [0.15, 0.2) is 59.9 Å². The molecule has 2 aliphatic heterocycles. The molecule has 2 aliphatic rings. The number of esters is 1. The number of hydrogen-bond donors (Lipinski definition) is 0. The van der Waals surface area contributed by atoms with Crippen LogP contribution in [0.25, 0.3) is 0 Å². The molecule has 0 bridgehead atoms. The van der Waals surface area contributed by atoms with Crippen molar-refractivity contribution in [3.63, 3.8) is 0 Å². The SMILES string of the molecule is CC1=C(C(=O)OCc2ccccc2)Cc2c(OCC(F)(F)F)ncc(C)c2N1c1ccc(C#N)c2c1OCC2. The van der Waals surface area contributed by atoms with E-state index >= 15 is 0 Å². The van der Waals surface area contributed by atoms with E-state index in [-0.39, 0.29) is 24.5 Å². The minimum absolute atomic E-state index is 0.0299. The third kappa shape index (κ3) is 5.12. The smallest absolute Gasteiger partial charge is 0.422 e. The molecule has 0 amide bonds. The van der Waals surface area contributed by atoms with Crippen LogP contribution >= 0.6 is 0 Å². The maximum atomic E-state index is 13.4. The monoisotopic (exact) mass is 535 g/mol. The number of hydrogen-bond acceptors (Lipinski definition) is 7. The fraction of sp³-hybridized carbons (Fsp3) is 0.276. The van der Waals surface area contributed by atoms with Crippen molar-refractivity contribution in [2.24, 2.45) is 0 Å². The number of anilines is 2. The first kappa shape index (κ1) is 26.1. The van der Waals surface area contributed by atoms with Gasteiger partial charge in [-0.25, -0.2) is 9.78 Å². The third-order valence-electron chi connectivity index (χ3n) is 6.67. The Balaban J connectivity index is 1.63. The normalized spacial score (nSPS) is 14.3. The highest BCUT2D eigenvalue weighted by Crippen LogP contribution is 2.49. The number of pyridine rings is 1. The van der Waals surface area contributed by atoms with E-state index in [1.807, 2.05) is 30.3 Å². The van der Waals surface area contributed by atoms with Crippen LogP contribution < -0.4 is 14.4 Å². The van der Waals surface area contributed by atoms with Gasteiger partial charge in [0.05, 0.1) is 35.2 Å². The van der Waals surface area contributed by atoms with Crippen molar-refractivity contribution in [2.45, 2.75) is 39.5 Å². The van der Waals surface area contributed by atoms with E-state index in [0.717, 1.165) is 11.1 Å². The molecule has 5 rings (SSSR count). The minimum Gasteiger partial charge on any atom is -0.491 e. The number of ether oxygens (including phenoxy) is 3. The molecule has 3 heterocycles. The Labute approximate surface area is 223 Å². The van der Waals surface area contributed by atoms with Gasteiger partial charge in [0.2, 0.25) is 5.88 Å². The second-order valence-electron chi connectivity index (χ2n) is 9.27. The summed E-state index contributed by atoms with van der Waals surface area (Å²) in [6.07, 6.45) is -2.63. The van der Waals surface area contributed by atoms with E-state index in [9.17, 15) is 23.2 Å². The van der Waals surface area contributed by atoms with Crippen LogP contribution in [0.3, 0.4) is 0 Å². The highest BCUT2D eigenvalue weighted by molar-refractivity contribution is 5.95. The number of rotatable bonds is 6. The molecule has 0 atom stereocenters. The minimum atomic E-state index is -4.57. The van der Waals surface area contributed by atoms with Crippen LogP contribution in [0.2, 0.25) is 0 Å². The lowest BCUT2D eigenvalue weighted by molar-refractivity contribution is -0.154. The number of carbonyl (C=O) groups is 1. The van der Waals surface area contributed by atoms with E-state index in [2.05, 4.69) is 11.1 Å². The predicted molar refractivity (Wildman–Crippen MR) is 136 cm³/mol. The van der Waals surface area contributed by atoms with Gasteiger partial charge in [0.25, 0.3) is 0 Å². The number of halogens is 3. The molecule has 7 nitrogen and oxygen atoms in total. The molecule has 0 spiro atoms. The maximum Gasteiger partial charge on any atom is 0.422 e. The summed E-state index contributed by atoms with van der Waals surface area (Å²) >= 11 is 0. The van der Waals surface area contributed by atoms with Gasteiger partial charge >= 0.3 is 12.1 Å². The molecule has 0 aliphatic carbocycles. The maximum absolute atomic E-state index is 13.4. The topological polar surface area (TPSA) is 84.7 Å². The van der Waals surface area contributed by atoms with Gasteiger partial charge in [0, 0.05) is 35.9 Å². The molecule has 2 aromatic carbocycles. The quantitative estimate of drug-likeness (QED) is 0.366. The zero-order valence-corrected chi connectivity index (χ0v) is 21.3. The lowest BCUT2D eigenvalue weighted by Crippen LogP contribution is -2.29. The zero-order valence-electron chi connectivity index (χ0n) is 21.3. The molecule has 0 saturated heterocycles. The van der Waals surface area contributed by atoms with Crippen molar-refractivity contribution in [2.75, 3.05) is 18.1 Å². The lowest BCUT2D eigenvalue weighted by atomic mass is 9.93. The summed E-state index contributed by atoms with van der Waals surface area (Å²) in [7, 11) is 0. The number of allylic oxidation sites excluding steroid dienone is 1. The Hall–Kier alpha value is -4.52. The number of benzene rings is 2. The van der Waals surface area contributed by atoms with Crippen LogP contribution in [-0.2, 0) is 29.0 Å². The standard InChI is InChI=1S/C29H24F3N3O4/c1-17-14-34-27(39-16-29(30,31)32)23-12-22(28(36)38-15-19-6-4-3-5-7-19)18(2)35(25(17)23)24-9-8-20(13-33)21-10-11-37-26(21)24/h3-9,14H,10-12,15-16H2,1-2H3. The second kappa shape index (κ2) is 10.3. The van der Waals surface area contributed by atoms with Crippen molar-refractivity contribution in [1.29, 1.82) is 5.26 Å². The lowest BCUT2D eigenvalue weighted by Gasteiger charge is -2.36. The first-order valence-corrected chi connectivity index (χ1v) is 12.3. The molecule has 0 fully saturated rings. The van der Waals surface area contributed by atoms with Crippen LogP contribution in [-0.4, -0.2) is 30.3 Å². The Morgan fingerprint density at radius 1 is 1.15 bits per heavy atom. The summed E-state index contributed by atoms with van der Waals surface area (Å²) in [5.74, 6) is -0.335. The molecule has 1 aromatic heterocycles. The van der Waals surface area contributed by atoms with Gasteiger partial charge in [-0.3, -0.25) is 0 Å². The highest BCUT2D eigenvalue weighted by Gasteiger charge is 2.36. The van der Waals surface area contributed by atoms with Crippen LogP contribution in [0.1, 0.15) is 34.7 Å². The summed E-state index contributed by atoms with van der Waals surface area (Å²) in [6.45, 7) is 2.41. The van der Waals surface area contributed by atoms with E-state index in [4.69, 9.17) is 14.2 Å². The largest absolute Gasteiger partial charge is 0.491 e. The first-order chi connectivity index (χ1) is 18.7. The number of nitriles is 1. The zero-order chi connectivity index (χ0) is 27.7. The molecular weight excluding hydrogens is 511 g/mol. The molecule has 39 heavy (non-hydrogen) atoms. The van der Waals surface area contributed by atoms with Crippen molar-refractivity contribution in [3.05, 3.63) is 87.7 Å². The van der Waals surface area contributed by atoms with E-state index in [1.54, 1.807) is 30.9 Å². The van der Waals surface area contributed by atoms with E-state index in [0.29, 0.717) is 52.5 Å². The molecule has 10 heteroatoms. The van der Waals surface area contributed by atoms with Crippen LogP contribution in [0.5, 0.6) is 11.6 Å². The summed E-state index contributed by atoms with van der Waals surface area (Å²) in [4.78, 5) is 19.3. The molecule has 200 valence electrons. The number of carbonyl (C=O) groups excluding carboxylic acids is 1. The first-order valence-electron chi connectivity index (χ1n) is 12.3. The average molecular weight is 536 g/mol. The van der Waals surface area contributed by atoms with E-state index < -0.39 is 18.8 Å². The van der Waals surface area contributed by atoms with Gasteiger partial charge in [-0.1, -0.05) is 30.3 Å². The molecule has 0 saturated carbocycles. The van der Waals surface area contributed by atoms with Crippen LogP contribution in [0, 0.1) is 18.3 Å². The Morgan fingerprint density at radius 3 is 2.64 bits per heavy atom. The van der Waals surface area contributed by atoms with Crippen molar-refractivity contribution in [1.82, 2.24) is 4.98 Å². The summed E-state index contributed by atoms with van der Waals surface area (Å²) in [5.41, 5.74) is 4.88. The molecule has 0 radical (unpaired) electrons. The van der Waals surface area contributed by atoms with Crippen molar-refractivity contribution < 1.29 is 32.2 Å². The molecule has 0 N–H and O–H groups in total. The Bertz CT molecular complexity index is 1510.